The van der Waals surface area contributed by atoms with Crippen LogP contribution in [0.25, 0.3) is 11.1 Å². The lowest BCUT2D eigenvalue weighted by atomic mass is 10.0. The molecule has 0 unspecified atom stereocenters. The first-order valence-electron chi connectivity index (χ1n) is 9.74. The molecule has 0 saturated heterocycles. The Morgan fingerprint density at radius 2 is 1.24 bits per heavy atom. The molecule has 0 aliphatic carbocycles. The van der Waals surface area contributed by atoms with Gasteiger partial charge in [0.05, 0.1) is 11.4 Å². The molecular weight excluding hydrogens is 372 g/mol. The monoisotopic (exact) mass is 394 g/mol. The van der Waals surface area contributed by atoms with Crippen LogP contribution in [0, 0.1) is 0 Å². The zero-order chi connectivity index (χ0) is 19.8. The number of hydrogen-bond donors (Lipinski definition) is 0. The van der Waals surface area contributed by atoms with Crippen LogP contribution in [0.1, 0.15) is 0 Å². The topological polar surface area (TPSA) is 6.48 Å². The summed E-state index contributed by atoms with van der Waals surface area (Å²) in [5.74, 6) is 0. The maximum Gasteiger partial charge on any atom is 0.0550 e. The van der Waals surface area contributed by atoms with Gasteiger partial charge in [-0.3, -0.25) is 0 Å². The summed E-state index contributed by atoms with van der Waals surface area (Å²) in [6.07, 6.45) is 0. The van der Waals surface area contributed by atoms with E-state index in [2.05, 4.69) is 115 Å². The summed E-state index contributed by atoms with van der Waals surface area (Å²) in [7, 11) is 4.25. The molecule has 0 amide bonds. The van der Waals surface area contributed by atoms with Crippen molar-refractivity contribution in [3.8, 4) is 11.1 Å². The molecule has 1 aliphatic heterocycles. The molecule has 142 valence electrons. The molecule has 0 spiro atoms. The van der Waals surface area contributed by atoms with E-state index in [-0.39, 0.29) is 0 Å². The van der Waals surface area contributed by atoms with E-state index in [0.29, 0.717) is 0 Å². The Morgan fingerprint density at radius 1 is 0.621 bits per heavy atom. The highest BCUT2D eigenvalue weighted by Crippen LogP contribution is 2.48. The van der Waals surface area contributed by atoms with Gasteiger partial charge in [0.1, 0.15) is 0 Å². The molecule has 0 N–H and O–H groups in total. The second-order valence-electron chi connectivity index (χ2n) is 7.25. The minimum Gasteiger partial charge on any atom is -0.345 e. The highest BCUT2D eigenvalue weighted by Gasteiger charge is 2.20. The van der Waals surface area contributed by atoms with Crippen LogP contribution >= 0.6 is 11.8 Å². The van der Waals surface area contributed by atoms with Crippen molar-refractivity contribution in [3.05, 3.63) is 97.1 Å². The van der Waals surface area contributed by atoms with E-state index < -0.39 is 0 Å². The minimum atomic E-state index is 1.18. The van der Waals surface area contributed by atoms with Gasteiger partial charge in [-0.15, -0.1) is 0 Å². The molecule has 5 rings (SSSR count). The molecule has 4 aromatic carbocycles. The number of benzene rings is 4. The van der Waals surface area contributed by atoms with Gasteiger partial charge in [0, 0.05) is 35.3 Å². The van der Waals surface area contributed by atoms with Gasteiger partial charge >= 0.3 is 0 Å². The molecule has 0 bridgehead atoms. The molecule has 3 heteroatoms. The van der Waals surface area contributed by atoms with Gasteiger partial charge in [-0.25, -0.2) is 0 Å². The van der Waals surface area contributed by atoms with Crippen molar-refractivity contribution in [3.63, 3.8) is 0 Å². The van der Waals surface area contributed by atoms with Crippen LogP contribution in [0.4, 0.5) is 22.7 Å². The smallest absolute Gasteiger partial charge is 0.0550 e. The Hall–Kier alpha value is -3.17. The van der Waals surface area contributed by atoms with Crippen LogP contribution in [0.15, 0.2) is 107 Å². The molecule has 29 heavy (non-hydrogen) atoms. The third kappa shape index (κ3) is 3.28. The van der Waals surface area contributed by atoms with Gasteiger partial charge in [0.15, 0.2) is 0 Å². The molecule has 0 saturated carbocycles. The lowest BCUT2D eigenvalue weighted by Crippen LogP contribution is -2.14. The highest BCUT2D eigenvalue weighted by molar-refractivity contribution is 7.99. The first-order valence-corrected chi connectivity index (χ1v) is 10.6. The maximum atomic E-state index is 2.31. The lowest BCUT2D eigenvalue weighted by Gasteiger charge is -2.29. The lowest BCUT2D eigenvalue weighted by molar-refractivity contribution is 1.11. The third-order valence-corrected chi connectivity index (χ3v) is 6.61. The number of nitrogens with zero attached hydrogens (tertiary/aromatic N) is 2. The number of anilines is 4. The van der Waals surface area contributed by atoms with E-state index in [4.69, 9.17) is 0 Å². The number of fused-ring (bicyclic) bond motifs is 2. The SMILES string of the molecule is CN(c1ccccc1)c1ccc(-c2ccc3c(c2)Sc2ccccc2N3C)cc1. The Bertz CT molecular complexity index is 1150. The average Bonchev–Trinajstić information content (AvgIpc) is 2.79. The van der Waals surface area contributed by atoms with E-state index in [1.54, 1.807) is 0 Å². The van der Waals surface area contributed by atoms with E-state index in [0.717, 1.165) is 0 Å². The van der Waals surface area contributed by atoms with Crippen molar-refractivity contribution in [2.45, 2.75) is 9.79 Å². The van der Waals surface area contributed by atoms with E-state index in [9.17, 15) is 0 Å². The summed E-state index contributed by atoms with van der Waals surface area (Å²) in [4.78, 5) is 7.09. The number of rotatable bonds is 3. The molecule has 0 radical (unpaired) electrons. The second-order valence-corrected chi connectivity index (χ2v) is 8.34. The zero-order valence-electron chi connectivity index (χ0n) is 16.5. The molecule has 1 aliphatic rings. The fourth-order valence-corrected chi connectivity index (χ4v) is 4.99. The summed E-state index contributed by atoms with van der Waals surface area (Å²) in [6.45, 7) is 0. The van der Waals surface area contributed by atoms with Gasteiger partial charge in [-0.2, -0.15) is 0 Å². The van der Waals surface area contributed by atoms with Gasteiger partial charge in [-0.05, 0) is 59.7 Å². The van der Waals surface area contributed by atoms with Crippen LogP contribution in [0.2, 0.25) is 0 Å². The van der Waals surface area contributed by atoms with E-state index in [1.807, 2.05) is 17.8 Å². The first kappa shape index (κ1) is 17.9. The molecule has 0 atom stereocenters. The van der Waals surface area contributed by atoms with Crippen molar-refractivity contribution in [2.75, 3.05) is 23.9 Å². The average molecular weight is 395 g/mol. The summed E-state index contributed by atoms with van der Waals surface area (Å²) < 4.78 is 0. The standard InChI is InChI=1S/C26H22N2S/c1-27(21-8-4-3-5-9-21)22-15-12-19(13-16-22)20-14-17-24-26(18-20)29-25-11-7-6-10-23(25)28(24)2/h3-18H,1-2H3. The van der Waals surface area contributed by atoms with Crippen molar-refractivity contribution >= 4 is 34.5 Å². The van der Waals surface area contributed by atoms with Crippen LogP contribution in [-0.2, 0) is 0 Å². The van der Waals surface area contributed by atoms with Crippen LogP contribution < -0.4 is 9.80 Å². The fraction of sp³-hybridized carbons (Fsp3) is 0.0769. The van der Waals surface area contributed by atoms with Gasteiger partial charge in [0.25, 0.3) is 0 Å². The summed E-state index contributed by atoms with van der Waals surface area (Å²) in [5, 5.41) is 0. The second kappa shape index (κ2) is 7.34. The molecule has 4 aromatic rings. The Labute approximate surface area is 176 Å². The van der Waals surface area contributed by atoms with Gasteiger partial charge < -0.3 is 9.80 Å². The Morgan fingerprint density at radius 3 is 2.03 bits per heavy atom. The van der Waals surface area contributed by atoms with E-state index in [1.165, 1.54) is 43.7 Å². The Kier molecular flexibility index (Phi) is 4.53. The highest BCUT2D eigenvalue weighted by atomic mass is 32.2. The van der Waals surface area contributed by atoms with Crippen LogP contribution in [0.5, 0.6) is 0 Å². The third-order valence-electron chi connectivity index (χ3n) is 5.50. The number of para-hydroxylation sites is 2. The zero-order valence-corrected chi connectivity index (χ0v) is 17.4. The molecule has 2 nitrogen and oxygen atoms in total. The molecule has 0 aromatic heterocycles. The predicted octanol–water partition coefficient (Wildman–Crippen LogP) is 7.35. The van der Waals surface area contributed by atoms with E-state index >= 15 is 0 Å². The number of hydrogen-bond acceptors (Lipinski definition) is 3. The molecular formula is C26H22N2S. The Balaban J connectivity index is 1.44. The quantitative estimate of drug-likeness (QED) is 0.358. The predicted molar refractivity (Wildman–Crippen MR) is 125 cm³/mol. The van der Waals surface area contributed by atoms with Crippen molar-refractivity contribution in [2.24, 2.45) is 0 Å². The largest absolute Gasteiger partial charge is 0.345 e. The molecule has 0 fully saturated rings. The van der Waals surface area contributed by atoms with Crippen LogP contribution in [0.3, 0.4) is 0 Å². The summed E-state index contributed by atoms with van der Waals surface area (Å²) in [6, 6.07) is 34.6. The van der Waals surface area contributed by atoms with Crippen LogP contribution in [-0.4, -0.2) is 14.1 Å². The van der Waals surface area contributed by atoms with Gasteiger partial charge in [0.2, 0.25) is 0 Å². The molecule has 1 heterocycles. The van der Waals surface area contributed by atoms with Crippen molar-refractivity contribution in [1.82, 2.24) is 0 Å². The normalized spacial score (nSPS) is 12.3. The van der Waals surface area contributed by atoms with Gasteiger partial charge in [-0.1, -0.05) is 60.3 Å². The minimum absolute atomic E-state index is 1.18. The summed E-state index contributed by atoms with van der Waals surface area (Å²) >= 11 is 1.85. The first-order chi connectivity index (χ1) is 14.2. The fourth-order valence-electron chi connectivity index (χ4n) is 3.80. The summed E-state index contributed by atoms with van der Waals surface area (Å²) in [5.41, 5.74) is 7.38. The van der Waals surface area contributed by atoms with Crippen molar-refractivity contribution in [1.29, 1.82) is 0 Å². The maximum absolute atomic E-state index is 2.31. The van der Waals surface area contributed by atoms with Crippen molar-refractivity contribution < 1.29 is 0 Å².